The van der Waals surface area contributed by atoms with Gasteiger partial charge in [-0.3, -0.25) is 0 Å². The van der Waals surface area contributed by atoms with Gasteiger partial charge in [-0.15, -0.1) is 11.8 Å². The molecule has 1 aliphatic carbocycles. The molecular weight excluding hydrogens is 238 g/mol. The third-order valence-corrected chi connectivity index (χ3v) is 4.56. The van der Waals surface area contributed by atoms with E-state index in [9.17, 15) is 0 Å². The Labute approximate surface area is 106 Å². The van der Waals surface area contributed by atoms with Gasteiger partial charge in [-0.05, 0) is 37.0 Å². The minimum absolute atomic E-state index is 0.562. The van der Waals surface area contributed by atoms with E-state index in [2.05, 4.69) is 6.07 Å². The first-order valence-electron chi connectivity index (χ1n) is 5.62. The van der Waals surface area contributed by atoms with Gasteiger partial charge in [0, 0.05) is 10.6 Å². The van der Waals surface area contributed by atoms with Crippen LogP contribution in [-0.2, 0) is 0 Å². The van der Waals surface area contributed by atoms with Crippen LogP contribution in [-0.4, -0.2) is 5.75 Å². The molecule has 0 spiro atoms. The van der Waals surface area contributed by atoms with Crippen molar-refractivity contribution in [1.82, 2.24) is 0 Å². The van der Waals surface area contributed by atoms with Crippen molar-refractivity contribution in [3.8, 4) is 6.07 Å². The first kappa shape index (κ1) is 11.8. The molecule has 0 atom stereocenters. The number of benzene rings is 1. The zero-order valence-corrected chi connectivity index (χ0v) is 10.7. The van der Waals surface area contributed by atoms with Crippen molar-refractivity contribution in [3.63, 3.8) is 0 Å². The summed E-state index contributed by atoms with van der Waals surface area (Å²) < 4.78 is 0. The van der Waals surface area contributed by atoms with Crippen LogP contribution >= 0.6 is 23.4 Å². The number of hydrogen-bond acceptors (Lipinski definition) is 2. The highest BCUT2D eigenvalue weighted by Gasteiger charge is 2.15. The second-order valence-electron chi connectivity index (χ2n) is 4.21. The van der Waals surface area contributed by atoms with Crippen LogP contribution in [0, 0.1) is 17.2 Å². The van der Waals surface area contributed by atoms with E-state index in [1.54, 1.807) is 6.07 Å². The lowest BCUT2D eigenvalue weighted by Crippen LogP contribution is -1.96. The fraction of sp³-hybridized carbons (Fsp3) is 0.462. The van der Waals surface area contributed by atoms with E-state index in [0.717, 1.165) is 5.92 Å². The second kappa shape index (κ2) is 5.61. The van der Waals surface area contributed by atoms with E-state index < -0.39 is 0 Å². The predicted octanol–water partition coefficient (Wildman–Crippen LogP) is 4.49. The molecular formula is C13H14ClNS. The summed E-state index contributed by atoms with van der Waals surface area (Å²) in [5.41, 5.74) is 0.562. The van der Waals surface area contributed by atoms with Gasteiger partial charge in [0.15, 0.2) is 0 Å². The van der Waals surface area contributed by atoms with Crippen LogP contribution in [0.2, 0.25) is 5.02 Å². The van der Waals surface area contributed by atoms with E-state index in [-0.39, 0.29) is 0 Å². The molecule has 0 radical (unpaired) electrons. The van der Waals surface area contributed by atoms with E-state index in [1.807, 2.05) is 23.9 Å². The van der Waals surface area contributed by atoms with Crippen molar-refractivity contribution in [3.05, 3.63) is 28.8 Å². The molecule has 16 heavy (non-hydrogen) atoms. The highest BCUT2D eigenvalue weighted by Crippen LogP contribution is 2.32. The molecule has 0 aliphatic heterocycles. The zero-order chi connectivity index (χ0) is 11.4. The number of rotatable bonds is 3. The van der Waals surface area contributed by atoms with E-state index in [4.69, 9.17) is 16.9 Å². The molecule has 0 bridgehead atoms. The maximum atomic E-state index is 8.77. The topological polar surface area (TPSA) is 23.8 Å². The van der Waals surface area contributed by atoms with E-state index in [1.165, 1.54) is 36.3 Å². The minimum Gasteiger partial charge on any atom is -0.192 e. The Morgan fingerprint density at radius 3 is 2.75 bits per heavy atom. The Balaban J connectivity index is 1.94. The standard InChI is InChI=1S/C13H14ClNS/c14-13-7-12(6-5-11(13)8-15)16-9-10-3-1-2-4-10/h5-7,10H,1-4,9H2. The summed E-state index contributed by atoms with van der Waals surface area (Å²) in [5, 5.41) is 9.34. The molecule has 3 heteroatoms. The molecule has 1 aromatic carbocycles. The van der Waals surface area contributed by atoms with Crippen LogP contribution in [0.1, 0.15) is 31.2 Å². The van der Waals surface area contributed by atoms with Gasteiger partial charge in [0.25, 0.3) is 0 Å². The van der Waals surface area contributed by atoms with Gasteiger partial charge in [0.1, 0.15) is 6.07 Å². The summed E-state index contributed by atoms with van der Waals surface area (Å²) in [6.45, 7) is 0. The number of nitrogens with zero attached hydrogens (tertiary/aromatic N) is 1. The molecule has 0 aromatic heterocycles. The van der Waals surface area contributed by atoms with Gasteiger partial charge in [0.2, 0.25) is 0 Å². The van der Waals surface area contributed by atoms with Gasteiger partial charge >= 0.3 is 0 Å². The number of hydrogen-bond donors (Lipinski definition) is 0. The van der Waals surface area contributed by atoms with E-state index >= 15 is 0 Å². The van der Waals surface area contributed by atoms with Crippen LogP contribution < -0.4 is 0 Å². The summed E-state index contributed by atoms with van der Waals surface area (Å²) in [6, 6.07) is 7.78. The Morgan fingerprint density at radius 1 is 1.38 bits per heavy atom. The summed E-state index contributed by atoms with van der Waals surface area (Å²) in [7, 11) is 0. The van der Waals surface area contributed by atoms with Gasteiger partial charge < -0.3 is 0 Å². The van der Waals surface area contributed by atoms with E-state index in [0.29, 0.717) is 10.6 Å². The maximum Gasteiger partial charge on any atom is 0.101 e. The van der Waals surface area contributed by atoms with Crippen LogP contribution in [0.3, 0.4) is 0 Å². The lowest BCUT2D eigenvalue weighted by Gasteiger charge is -2.08. The molecule has 1 nitrogen and oxygen atoms in total. The van der Waals surface area contributed by atoms with Crippen LogP contribution in [0.25, 0.3) is 0 Å². The number of halogens is 1. The summed E-state index contributed by atoms with van der Waals surface area (Å²) in [6.07, 6.45) is 5.52. The molecule has 1 aromatic rings. The molecule has 0 unspecified atom stereocenters. The molecule has 84 valence electrons. The maximum absolute atomic E-state index is 8.77. The average Bonchev–Trinajstić information content (AvgIpc) is 2.79. The Kier molecular flexibility index (Phi) is 4.15. The molecule has 1 aliphatic rings. The fourth-order valence-corrected chi connectivity index (χ4v) is 3.48. The van der Waals surface area contributed by atoms with Crippen molar-refractivity contribution in [1.29, 1.82) is 5.26 Å². The van der Waals surface area contributed by atoms with Gasteiger partial charge in [-0.1, -0.05) is 24.4 Å². The SMILES string of the molecule is N#Cc1ccc(SCC2CCCC2)cc1Cl. The molecule has 0 saturated heterocycles. The zero-order valence-electron chi connectivity index (χ0n) is 9.08. The lowest BCUT2D eigenvalue weighted by molar-refractivity contribution is 0.623. The van der Waals surface area contributed by atoms with Gasteiger partial charge in [-0.2, -0.15) is 5.26 Å². The summed E-state index contributed by atoms with van der Waals surface area (Å²) in [5.74, 6) is 2.06. The quantitative estimate of drug-likeness (QED) is 0.739. The molecule has 1 fully saturated rings. The Morgan fingerprint density at radius 2 is 2.12 bits per heavy atom. The Hall–Kier alpha value is -0.650. The normalized spacial score (nSPS) is 16.2. The Bertz CT molecular complexity index is 405. The summed E-state index contributed by atoms with van der Waals surface area (Å²) in [4.78, 5) is 1.18. The van der Waals surface area contributed by atoms with Gasteiger partial charge in [0.05, 0.1) is 10.6 Å². The van der Waals surface area contributed by atoms with Crippen molar-refractivity contribution in [2.45, 2.75) is 30.6 Å². The lowest BCUT2D eigenvalue weighted by atomic mass is 10.1. The first-order valence-corrected chi connectivity index (χ1v) is 6.98. The molecule has 0 N–H and O–H groups in total. The average molecular weight is 252 g/mol. The van der Waals surface area contributed by atoms with Crippen molar-refractivity contribution in [2.24, 2.45) is 5.92 Å². The number of nitriles is 1. The third kappa shape index (κ3) is 2.93. The monoisotopic (exact) mass is 251 g/mol. The van der Waals surface area contributed by atoms with Crippen LogP contribution in [0.5, 0.6) is 0 Å². The van der Waals surface area contributed by atoms with Gasteiger partial charge in [-0.25, -0.2) is 0 Å². The highest BCUT2D eigenvalue weighted by molar-refractivity contribution is 7.99. The molecule has 2 rings (SSSR count). The van der Waals surface area contributed by atoms with Crippen molar-refractivity contribution < 1.29 is 0 Å². The summed E-state index contributed by atoms with van der Waals surface area (Å²) >= 11 is 7.85. The second-order valence-corrected chi connectivity index (χ2v) is 5.72. The molecule has 0 amide bonds. The van der Waals surface area contributed by atoms with Crippen LogP contribution in [0.4, 0.5) is 0 Å². The number of thioether (sulfide) groups is 1. The highest BCUT2D eigenvalue weighted by atomic mass is 35.5. The largest absolute Gasteiger partial charge is 0.192 e. The predicted molar refractivity (Wildman–Crippen MR) is 68.8 cm³/mol. The smallest absolute Gasteiger partial charge is 0.101 e. The fourth-order valence-electron chi connectivity index (χ4n) is 2.07. The molecule has 0 heterocycles. The third-order valence-electron chi connectivity index (χ3n) is 3.02. The van der Waals surface area contributed by atoms with Crippen LogP contribution in [0.15, 0.2) is 23.1 Å². The van der Waals surface area contributed by atoms with Crippen molar-refractivity contribution >= 4 is 23.4 Å². The molecule has 1 saturated carbocycles. The first-order chi connectivity index (χ1) is 7.79. The van der Waals surface area contributed by atoms with Crippen molar-refractivity contribution in [2.75, 3.05) is 5.75 Å². The minimum atomic E-state index is 0.562.